The molecule has 0 unspecified atom stereocenters. The molecule has 1 amide bonds. The number of hydrogen-bond acceptors (Lipinski definition) is 3. The van der Waals surface area contributed by atoms with Crippen LogP contribution >= 0.6 is 39.1 Å². The Morgan fingerprint density at radius 2 is 1.67 bits per heavy atom. The number of amides is 1. The zero-order chi connectivity index (χ0) is 22.1. The highest BCUT2D eigenvalue weighted by atomic mass is 79.9. The summed E-state index contributed by atoms with van der Waals surface area (Å²) in [6.45, 7) is 1.87. The Bertz CT molecular complexity index is 1230. The minimum absolute atomic E-state index is 0.0399. The van der Waals surface area contributed by atoms with Gasteiger partial charge < -0.3 is 5.73 Å². The van der Waals surface area contributed by atoms with E-state index in [2.05, 4.69) is 20.7 Å². The molecule has 3 rings (SSSR count). The minimum Gasteiger partial charge on any atom is -0.369 e. The Hall–Kier alpha value is -2.06. The number of rotatable bonds is 6. The van der Waals surface area contributed by atoms with E-state index in [1.54, 1.807) is 36.4 Å². The second-order valence-corrected chi connectivity index (χ2v) is 10.1. The number of carbonyl (C=O) groups is 1. The fourth-order valence-electron chi connectivity index (χ4n) is 2.90. The molecule has 9 heteroatoms. The molecule has 0 fully saturated rings. The first kappa shape index (κ1) is 22.6. The fraction of sp³-hybridized carbons (Fsp3) is 0.0952. The zero-order valence-electron chi connectivity index (χ0n) is 15.7. The molecule has 0 aromatic heterocycles. The fourth-order valence-corrected chi connectivity index (χ4v) is 4.84. The van der Waals surface area contributed by atoms with Crippen LogP contribution in [-0.4, -0.2) is 14.3 Å². The summed E-state index contributed by atoms with van der Waals surface area (Å²) in [6, 6.07) is 14.8. The number of nitrogens with two attached hydrogens (primary N) is 1. The van der Waals surface area contributed by atoms with Gasteiger partial charge in [0.25, 0.3) is 10.0 Å². The molecule has 3 aromatic rings. The van der Waals surface area contributed by atoms with Gasteiger partial charge in [-0.05, 0) is 54.4 Å². The smallest absolute Gasteiger partial charge is 0.261 e. The van der Waals surface area contributed by atoms with Gasteiger partial charge in [0, 0.05) is 10.0 Å². The average molecular weight is 528 g/mol. The van der Waals surface area contributed by atoms with Gasteiger partial charge in [0.1, 0.15) is 0 Å². The van der Waals surface area contributed by atoms with Crippen LogP contribution in [-0.2, 0) is 21.2 Å². The van der Waals surface area contributed by atoms with Crippen LogP contribution in [0.3, 0.4) is 0 Å². The number of anilines is 1. The highest BCUT2D eigenvalue weighted by Gasteiger charge is 2.19. The van der Waals surface area contributed by atoms with E-state index < -0.39 is 15.9 Å². The molecule has 0 atom stereocenters. The van der Waals surface area contributed by atoms with Crippen LogP contribution in [0.25, 0.3) is 11.1 Å². The lowest BCUT2D eigenvalue weighted by Crippen LogP contribution is -2.14. The van der Waals surface area contributed by atoms with Crippen LogP contribution in [0.4, 0.5) is 5.69 Å². The van der Waals surface area contributed by atoms with Crippen LogP contribution < -0.4 is 10.5 Å². The van der Waals surface area contributed by atoms with Crippen molar-refractivity contribution < 1.29 is 13.2 Å². The summed E-state index contributed by atoms with van der Waals surface area (Å²) in [5.41, 5.74) is 8.33. The molecule has 0 aliphatic carbocycles. The van der Waals surface area contributed by atoms with Gasteiger partial charge in [-0.3, -0.25) is 9.52 Å². The van der Waals surface area contributed by atoms with Crippen molar-refractivity contribution in [3.8, 4) is 11.1 Å². The molecular weight excluding hydrogens is 511 g/mol. The Balaban J connectivity index is 2.11. The number of carbonyl (C=O) groups excluding carboxylic acids is 1. The molecule has 30 heavy (non-hydrogen) atoms. The van der Waals surface area contributed by atoms with Gasteiger partial charge in [0.15, 0.2) is 0 Å². The Kier molecular flexibility index (Phi) is 6.77. The van der Waals surface area contributed by atoms with E-state index in [1.165, 1.54) is 18.2 Å². The molecule has 3 aromatic carbocycles. The number of halogens is 3. The van der Waals surface area contributed by atoms with Crippen LogP contribution in [0.2, 0.25) is 10.0 Å². The van der Waals surface area contributed by atoms with Gasteiger partial charge >= 0.3 is 0 Å². The standard InChI is InChI=1S/C21H17BrCl2N2O3S/c1-12-2-4-16(5-3-12)30(28,29)26-20-11-19(24)18(23)10-17(20)14-6-13(8-21(25)27)7-15(22)9-14/h2-7,9-11,26H,8H2,1H3,(H2,25,27). The molecule has 0 aliphatic heterocycles. The van der Waals surface area contributed by atoms with Crippen LogP contribution in [0.1, 0.15) is 11.1 Å². The molecular formula is C21H17BrCl2N2O3S. The Morgan fingerprint density at radius 1 is 1.03 bits per heavy atom. The van der Waals surface area contributed by atoms with Crippen molar-refractivity contribution in [2.24, 2.45) is 5.73 Å². The van der Waals surface area contributed by atoms with Gasteiger partial charge in [-0.15, -0.1) is 0 Å². The van der Waals surface area contributed by atoms with E-state index >= 15 is 0 Å². The third kappa shape index (κ3) is 5.35. The second-order valence-electron chi connectivity index (χ2n) is 6.72. The van der Waals surface area contributed by atoms with Crippen molar-refractivity contribution in [3.63, 3.8) is 0 Å². The molecule has 0 bridgehead atoms. The average Bonchev–Trinajstić information content (AvgIpc) is 2.63. The molecule has 0 saturated heterocycles. The first-order valence-corrected chi connectivity index (χ1v) is 11.7. The molecule has 0 spiro atoms. The molecule has 0 heterocycles. The molecule has 3 N–H and O–H groups in total. The number of benzene rings is 3. The van der Waals surface area contributed by atoms with Gasteiger partial charge in [-0.2, -0.15) is 0 Å². The van der Waals surface area contributed by atoms with Gasteiger partial charge in [0.2, 0.25) is 5.91 Å². The lowest BCUT2D eigenvalue weighted by Gasteiger charge is -2.16. The quantitative estimate of drug-likeness (QED) is 0.439. The van der Waals surface area contributed by atoms with E-state index in [0.717, 1.165) is 5.56 Å². The van der Waals surface area contributed by atoms with Gasteiger partial charge in [0.05, 0.1) is 27.0 Å². The summed E-state index contributed by atoms with van der Waals surface area (Å²) in [5, 5.41) is 0.468. The molecule has 0 radical (unpaired) electrons. The van der Waals surface area contributed by atoms with Crippen molar-refractivity contribution in [3.05, 3.63) is 80.2 Å². The van der Waals surface area contributed by atoms with Crippen molar-refractivity contribution in [1.29, 1.82) is 0 Å². The largest absolute Gasteiger partial charge is 0.369 e. The van der Waals surface area contributed by atoms with Gasteiger partial charge in [-0.25, -0.2) is 8.42 Å². The maximum Gasteiger partial charge on any atom is 0.261 e. The summed E-state index contributed by atoms with van der Waals surface area (Å²) in [7, 11) is -3.87. The topological polar surface area (TPSA) is 89.3 Å². The highest BCUT2D eigenvalue weighted by Crippen LogP contribution is 2.38. The first-order valence-electron chi connectivity index (χ1n) is 8.72. The summed E-state index contributed by atoms with van der Waals surface area (Å²) >= 11 is 15.8. The number of aryl methyl sites for hydroxylation is 1. The number of sulfonamides is 1. The molecule has 0 aliphatic rings. The van der Waals surface area contributed by atoms with E-state index in [-0.39, 0.29) is 27.0 Å². The maximum atomic E-state index is 12.9. The minimum atomic E-state index is -3.87. The third-order valence-electron chi connectivity index (χ3n) is 4.28. The van der Waals surface area contributed by atoms with Gasteiger partial charge in [-0.1, -0.05) is 62.9 Å². The predicted octanol–water partition coefficient (Wildman–Crippen LogP) is 5.56. The second kappa shape index (κ2) is 8.98. The summed E-state index contributed by atoms with van der Waals surface area (Å²) in [5.74, 6) is -0.478. The van der Waals surface area contributed by atoms with E-state index in [9.17, 15) is 13.2 Å². The van der Waals surface area contributed by atoms with Crippen molar-refractivity contribution in [2.75, 3.05) is 4.72 Å². The highest BCUT2D eigenvalue weighted by molar-refractivity contribution is 9.10. The van der Waals surface area contributed by atoms with Crippen molar-refractivity contribution in [2.45, 2.75) is 18.2 Å². The lowest BCUT2D eigenvalue weighted by molar-refractivity contribution is -0.117. The summed E-state index contributed by atoms with van der Waals surface area (Å²) in [4.78, 5) is 11.5. The Labute approximate surface area is 193 Å². The van der Waals surface area contributed by atoms with Crippen LogP contribution in [0.15, 0.2) is 64.0 Å². The SMILES string of the molecule is Cc1ccc(S(=O)(=O)Nc2cc(Cl)c(Cl)cc2-c2cc(Br)cc(CC(N)=O)c2)cc1. The maximum absolute atomic E-state index is 12.9. The zero-order valence-corrected chi connectivity index (χ0v) is 19.7. The molecule has 156 valence electrons. The van der Waals surface area contributed by atoms with Crippen molar-refractivity contribution >= 4 is 60.7 Å². The van der Waals surface area contributed by atoms with Crippen LogP contribution in [0.5, 0.6) is 0 Å². The third-order valence-corrected chi connectivity index (χ3v) is 6.84. The molecule has 0 saturated carbocycles. The van der Waals surface area contributed by atoms with Crippen molar-refractivity contribution in [1.82, 2.24) is 0 Å². The summed E-state index contributed by atoms with van der Waals surface area (Å²) < 4.78 is 29.1. The van der Waals surface area contributed by atoms with Crippen LogP contribution in [0, 0.1) is 6.92 Å². The lowest BCUT2D eigenvalue weighted by atomic mass is 10.0. The van der Waals surface area contributed by atoms with E-state index in [0.29, 0.717) is 21.2 Å². The van der Waals surface area contributed by atoms with E-state index in [1.807, 2.05) is 6.92 Å². The number of nitrogens with one attached hydrogen (secondary N) is 1. The monoisotopic (exact) mass is 526 g/mol. The van der Waals surface area contributed by atoms with E-state index in [4.69, 9.17) is 28.9 Å². The molecule has 5 nitrogen and oxygen atoms in total. The summed E-state index contributed by atoms with van der Waals surface area (Å²) in [6.07, 6.45) is 0.0399. The first-order chi connectivity index (χ1) is 14.0. The Morgan fingerprint density at radius 3 is 2.30 bits per heavy atom. The normalized spacial score (nSPS) is 11.3. The predicted molar refractivity (Wildman–Crippen MR) is 124 cm³/mol. The number of primary amides is 1. The number of hydrogen-bond donors (Lipinski definition) is 2.